The molecule has 9 rings (SSSR count). The number of benzene rings is 7. The number of hydrogen-bond acceptors (Lipinski definition) is 15. The van der Waals surface area contributed by atoms with E-state index >= 15 is 0 Å². The fraction of sp³-hybridized carbons (Fsp3) is 0.297. The predicted molar refractivity (Wildman–Crippen MR) is 294 cm³/mol. The van der Waals surface area contributed by atoms with Crippen molar-refractivity contribution in [2.24, 2.45) is 0 Å². The maximum absolute atomic E-state index is 14.0. The van der Waals surface area contributed by atoms with Crippen LogP contribution in [0, 0.1) is 0 Å². The maximum atomic E-state index is 14.0. The van der Waals surface area contributed by atoms with Crippen molar-refractivity contribution in [2.45, 2.75) is 111 Å². The molecule has 0 spiro atoms. The molecular formula is C64H64O14S. The SMILES string of the molecule is O=C(CCC(=O)O[C@@H]1[C@@H](O)[C@H](COCc2ccccc2)O[C@@H](OCc2ccccc2)[C@H]1OC(=O)c1ccccc1)OC[C@H]1O[C@H](Sc2ccccc2)[C@@H](OCc2ccccc2)[C@@H](OCc2ccccc2)[C@@H]1OCc1ccccc1. The van der Waals surface area contributed by atoms with E-state index in [9.17, 15) is 19.5 Å². The van der Waals surface area contributed by atoms with Crippen molar-refractivity contribution in [3.63, 3.8) is 0 Å². The first-order chi connectivity index (χ1) is 38.8. The van der Waals surface area contributed by atoms with Crippen LogP contribution in [-0.2, 0) is 90.0 Å². The number of thioether (sulfide) groups is 1. The molecule has 0 amide bonds. The second kappa shape index (κ2) is 29.8. The van der Waals surface area contributed by atoms with Gasteiger partial charge >= 0.3 is 17.9 Å². The highest BCUT2D eigenvalue weighted by atomic mass is 32.2. The Morgan fingerprint density at radius 1 is 0.418 bits per heavy atom. The Bertz CT molecular complexity index is 2890. The zero-order valence-corrected chi connectivity index (χ0v) is 44.3. The minimum atomic E-state index is -1.56. The first-order valence-corrected chi connectivity index (χ1v) is 27.3. The zero-order valence-electron chi connectivity index (χ0n) is 43.5. The summed E-state index contributed by atoms with van der Waals surface area (Å²) in [4.78, 5) is 42.5. The molecule has 0 aromatic heterocycles. The number of ether oxygens (including phenoxy) is 10. The number of rotatable bonds is 26. The molecule has 15 heteroatoms. The number of carbonyl (C=O) groups excluding carboxylic acids is 3. The van der Waals surface area contributed by atoms with Gasteiger partial charge in [0.15, 0.2) is 18.5 Å². The van der Waals surface area contributed by atoms with Gasteiger partial charge in [-0.05, 0) is 52.1 Å². The van der Waals surface area contributed by atoms with Crippen LogP contribution in [-0.4, -0.2) is 96.8 Å². The van der Waals surface area contributed by atoms with Crippen LogP contribution in [0.3, 0.4) is 0 Å². The minimum Gasteiger partial charge on any atom is -0.463 e. The molecule has 0 aliphatic carbocycles. The van der Waals surface area contributed by atoms with E-state index in [0.29, 0.717) is 0 Å². The van der Waals surface area contributed by atoms with Crippen molar-refractivity contribution in [1.29, 1.82) is 0 Å². The lowest BCUT2D eigenvalue weighted by atomic mass is 9.98. The summed E-state index contributed by atoms with van der Waals surface area (Å²) in [7, 11) is 0. The zero-order chi connectivity index (χ0) is 54.4. The second-order valence-corrected chi connectivity index (χ2v) is 20.1. The van der Waals surface area contributed by atoms with Gasteiger partial charge in [-0.1, -0.05) is 200 Å². The summed E-state index contributed by atoms with van der Waals surface area (Å²) in [6, 6.07) is 66.2. The second-order valence-electron chi connectivity index (χ2n) is 19.0. The molecule has 2 aliphatic rings. The molecule has 2 heterocycles. The smallest absolute Gasteiger partial charge is 0.338 e. The quantitative estimate of drug-likeness (QED) is 0.0402. The third-order valence-electron chi connectivity index (χ3n) is 13.2. The minimum absolute atomic E-state index is 0.0287. The average molecular weight is 1090 g/mol. The number of hydrogen-bond donors (Lipinski definition) is 1. The Morgan fingerprint density at radius 3 is 1.39 bits per heavy atom. The standard InChI is InChI=1S/C64H64O14S/c65-54(36-37-55(66)77-58-56(67)52(43-69-38-45-22-8-1-9-23-45)75-63(74-42-49-30-16-5-17-31-49)60(58)78-62(68)50-32-18-6-19-33-50)70-44-53-57(71-39-46-24-10-2-11-25-46)59(72-40-47-26-12-3-13-27-47)61(73-41-48-28-14-4-15-29-48)64(76-53)79-51-34-20-7-21-35-51/h1-35,52-53,56-61,63-64,67H,36-44H2/t52-,53+,56-,57+,58+,59-,60-,61-,63+,64+/m0/s1. The van der Waals surface area contributed by atoms with Gasteiger partial charge in [-0.2, -0.15) is 0 Å². The van der Waals surface area contributed by atoms with Gasteiger partial charge < -0.3 is 52.5 Å². The largest absolute Gasteiger partial charge is 0.463 e. The number of carbonyl (C=O) groups is 3. The van der Waals surface area contributed by atoms with Crippen LogP contribution >= 0.6 is 11.8 Å². The third kappa shape index (κ3) is 17.0. The lowest BCUT2D eigenvalue weighted by Crippen LogP contribution is -2.61. The lowest BCUT2D eigenvalue weighted by Gasteiger charge is -2.45. The van der Waals surface area contributed by atoms with Gasteiger partial charge in [-0.15, -0.1) is 0 Å². The van der Waals surface area contributed by atoms with Crippen LogP contribution in [0.15, 0.2) is 217 Å². The first kappa shape index (κ1) is 56.7. The van der Waals surface area contributed by atoms with Crippen molar-refractivity contribution in [2.75, 3.05) is 13.2 Å². The Labute approximate surface area is 464 Å². The molecule has 0 radical (unpaired) electrons. The monoisotopic (exact) mass is 1090 g/mol. The van der Waals surface area contributed by atoms with Gasteiger partial charge in [0.2, 0.25) is 0 Å². The Balaban J connectivity index is 0.925. The molecule has 7 aromatic rings. The molecule has 7 aromatic carbocycles. The highest BCUT2D eigenvalue weighted by molar-refractivity contribution is 7.99. The van der Waals surface area contributed by atoms with Gasteiger partial charge in [0.25, 0.3) is 0 Å². The highest BCUT2D eigenvalue weighted by Crippen LogP contribution is 2.39. The van der Waals surface area contributed by atoms with Crippen LogP contribution in [0.4, 0.5) is 0 Å². The topological polar surface area (TPSA) is 164 Å². The number of esters is 3. The summed E-state index contributed by atoms with van der Waals surface area (Å²) < 4.78 is 63.9. The first-order valence-electron chi connectivity index (χ1n) is 26.4. The maximum Gasteiger partial charge on any atom is 0.338 e. The molecule has 2 aliphatic heterocycles. The Hall–Kier alpha value is -7.02. The van der Waals surface area contributed by atoms with Gasteiger partial charge in [-0.25, -0.2) is 4.79 Å². The molecule has 410 valence electrons. The molecule has 0 unspecified atom stereocenters. The van der Waals surface area contributed by atoms with Crippen LogP contribution in [0.2, 0.25) is 0 Å². The van der Waals surface area contributed by atoms with Gasteiger partial charge in [0.1, 0.15) is 48.7 Å². The normalized spacial score (nSPS) is 22.8. The molecule has 2 saturated heterocycles. The summed E-state index contributed by atoms with van der Waals surface area (Å²) >= 11 is 1.46. The highest BCUT2D eigenvalue weighted by Gasteiger charge is 2.52. The predicted octanol–water partition coefficient (Wildman–Crippen LogP) is 10.2. The van der Waals surface area contributed by atoms with Gasteiger partial charge in [0.05, 0.1) is 58.0 Å². The van der Waals surface area contributed by atoms with E-state index in [1.54, 1.807) is 30.3 Å². The van der Waals surface area contributed by atoms with Crippen molar-refractivity contribution in [1.82, 2.24) is 0 Å². The fourth-order valence-corrected chi connectivity index (χ4v) is 10.2. The molecule has 2 fully saturated rings. The molecular weight excluding hydrogens is 1020 g/mol. The summed E-state index contributed by atoms with van der Waals surface area (Å²) in [5, 5.41) is 12.0. The molecule has 10 atom stereocenters. The third-order valence-corrected chi connectivity index (χ3v) is 14.3. The average Bonchev–Trinajstić information content (AvgIpc) is 3.53. The van der Waals surface area contributed by atoms with Crippen molar-refractivity contribution in [3.05, 3.63) is 246 Å². The van der Waals surface area contributed by atoms with Crippen LogP contribution in [0.1, 0.15) is 51.0 Å². The van der Waals surface area contributed by atoms with E-state index in [4.69, 9.17) is 47.4 Å². The summed E-state index contributed by atoms with van der Waals surface area (Å²) in [6.45, 7) is 0.508. The number of aliphatic hydroxyl groups is 1. The summed E-state index contributed by atoms with van der Waals surface area (Å²) in [5.74, 6) is -2.37. The van der Waals surface area contributed by atoms with E-state index < -0.39 is 91.3 Å². The van der Waals surface area contributed by atoms with Gasteiger partial charge in [-0.3, -0.25) is 9.59 Å². The van der Waals surface area contributed by atoms with E-state index in [-0.39, 0.29) is 51.8 Å². The lowest BCUT2D eigenvalue weighted by molar-refractivity contribution is -0.307. The summed E-state index contributed by atoms with van der Waals surface area (Å²) in [5.41, 5.74) is 4.04. The molecule has 0 saturated carbocycles. The fourth-order valence-electron chi connectivity index (χ4n) is 9.08. The molecule has 0 bridgehead atoms. The molecule has 1 N–H and O–H groups in total. The molecule has 14 nitrogen and oxygen atoms in total. The van der Waals surface area contributed by atoms with Crippen LogP contribution < -0.4 is 0 Å². The van der Waals surface area contributed by atoms with Crippen molar-refractivity contribution >= 4 is 29.7 Å². The van der Waals surface area contributed by atoms with Crippen LogP contribution in [0.25, 0.3) is 0 Å². The van der Waals surface area contributed by atoms with Crippen molar-refractivity contribution in [3.8, 4) is 0 Å². The van der Waals surface area contributed by atoms with E-state index in [1.807, 2.05) is 182 Å². The summed E-state index contributed by atoms with van der Waals surface area (Å²) in [6.07, 6.45) is -10.9. The van der Waals surface area contributed by atoms with Crippen molar-refractivity contribution < 1.29 is 66.9 Å². The van der Waals surface area contributed by atoms with Crippen LogP contribution in [0.5, 0.6) is 0 Å². The van der Waals surface area contributed by atoms with Gasteiger partial charge in [0, 0.05) is 4.90 Å². The van der Waals surface area contributed by atoms with E-state index in [0.717, 1.165) is 32.7 Å². The van der Waals surface area contributed by atoms with E-state index in [1.165, 1.54) is 11.8 Å². The Morgan fingerprint density at radius 2 is 0.861 bits per heavy atom. The Kier molecular flexibility index (Phi) is 21.4. The number of aliphatic hydroxyl groups excluding tert-OH is 1. The molecule has 79 heavy (non-hydrogen) atoms. The van der Waals surface area contributed by atoms with E-state index in [2.05, 4.69) is 0 Å².